The number of benzene rings is 7. The average molecular weight is 746 g/mol. The Morgan fingerprint density at radius 2 is 1.19 bits per heavy atom. The summed E-state index contributed by atoms with van der Waals surface area (Å²) in [4.78, 5) is 5.28. The maximum atomic E-state index is 6.08. The van der Waals surface area contributed by atoms with Crippen molar-refractivity contribution in [2.24, 2.45) is 0 Å². The molecule has 8 aromatic rings. The number of aromatic nitrogens is 2. The molecule has 0 atom stereocenters. The Morgan fingerprint density at radius 3 is 1.93 bits per heavy atom. The zero-order valence-electron chi connectivity index (χ0n) is 35.0. The lowest BCUT2D eigenvalue weighted by Crippen LogP contribution is -2.65. The van der Waals surface area contributed by atoms with Crippen molar-refractivity contribution in [3.8, 4) is 40.5 Å². The molecule has 7 aromatic carbocycles. The monoisotopic (exact) mass is 746 g/mol. The molecule has 0 radical (unpaired) electrons. The van der Waals surface area contributed by atoms with E-state index in [1.807, 2.05) is 0 Å². The number of hydrogen-bond acceptors (Lipinski definition) is 1. The molecule has 0 unspecified atom stereocenters. The fourth-order valence-corrected chi connectivity index (χ4v) is 9.26. The van der Waals surface area contributed by atoms with E-state index < -0.39 is 0 Å². The summed E-state index contributed by atoms with van der Waals surface area (Å²) in [5, 5.41) is 5.05. The minimum absolute atomic E-state index is 0.772. The first-order valence-electron chi connectivity index (χ1n) is 20.6. The van der Waals surface area contributed by atoms with Gasteiger partial charge in [-0.1, -0.05) is 155 Å². The van der Waals surface area contributed by atoms with E-state index in [1.165, 1.54) is 87.5 Å². The minimum Gasteiger partial charge on any atom is -0.292 e. The number of rotatable bonds is 6. The van der Waals surface area contributed by atoms with Crippen LogP contribution in [0.2, 0.25) is 0 Å². The van der Waals surface area contributed by atoms with Crippen molar-refractivity contribution in [3.63, 3.8) is 0 Å². The normalized spacial score (nSPS) is 13.9. The molecular weight excluding hydrogens is 704 g/mol. The highest BCUT2D eigenvalue weighted by Gasteiger charge is 2.26. The van der Waals surface area contributed by atoms with Crippen LogP contribution < -0.4 is 32.3 Å². The van der Waals surface area contributed by atoms with Crippen molar-refractivity contribution in [3.05, 3.63) is 189 Å². The Balaban J connectivity index is 1.35. The molecule has 9 rings (SSSR count). The number of terminal acetylenes is 1. The maximum absolute atomic E-state index is 6.08. The number of allylic oxidation sites excluding steroid dienone is 4. The molecule has 272 valence electrons. The van der Waals surface area contributed by atoms with Gasteiger partial charge in [-0.2, -0.15) is 0 Å². The Hall–Kier alpha value is -6.50. The lowest BCUT2D eigenvalue weighted by molar-refractivity contribution is 1.11. The van der Waals surface area contributed by atoms with Gasteiger partial charge in [0, 0.05) is 10.9 Å². The fraction of sp³-hybridized carbons (Fsp3) is 0.0200. The summed E-state index contributed by atoms with van der Waals surface area (Å²) in [6, 6.07) is 52.5. The number of imidazole rings is 1. The van der Waals surface area contributed by atoms with Gasteiger partial charge >= 0.3 is 0 Å². The van der Waals surface area contributed by atoms with E-state index in [0.717, 1.165) is 45.5 Å². The van der Waals surface area contributed by atoms with Crippen molar-refractivity contribution in [2.45, 2.75) is 6.42 Å². The Bertz CT molecular complexity index is 3260. The zero-order valence-corrected chi connectivity index (χ0v) is 35.0. The summed E-state index contributed by atoms with van der Waals surface area (Å²) in [5.74, 6) is 3.88. The maximum Gasteiger partial charge on any atom is 0.149 e. The molecule has 1 aliphatic rings. The Labute approximate surface area is 353 Å². The summed E-state index contributed by atoms with van der Waals surface area (Å²) in [5.41, 5.74) is 21.8. The number of hydrogen-bond donors (Lipinski definition) is 0. The first-order valence-corrected chi connectivity index (χ1v) is 20.6. The molecule has 0 fully saturated rings. The lowest BCUT2D eigenvalue weighted by atomic mass is 9.61. The molecule has 0 aliphatic heterocycles. The zero-order chi connectivity index (χ0) is 40.9. The molecule has 0 spiro atoms. The molecule has 0 N–H and O–H groups in total. The van der Waals surface area contributed by atoms with Gasteiger partial charge in [-0.15, -0.1) is 17.3 Å². The van der Waals surface area contributed by atoms with Crippen LogP contribution in [0.25, 0.3) is 61.2 Å². The van der Waals surface area contributed by atoms with Gasteiger partial charge in [-0.25, -0.2) is 4.98 Å². The van der Waals surface area contributed by atoms with E-state index in [1.54, 1.807) is 0 Å². The fourth-order valence-electron chi connectivity index (χ4n) is 9.26. The summed E-state index contributed by atoms with van der Waals surface area (Å²) < 4.78 is 2.33. The van der Waals surface area contributed by atoms with Crippen LogP contribution in [0, 0.1) is 12.3 Å². The molecule has 59 heavy (non-hydrogen) atoms. The van der Waals surface area contributed by atoms with Crippen molar-refractivity contribution < 1.29 is 0 Å². The van der Waals surface area contributed by atoms with Crippen LogP contribution in [0.3, 0.4) is 0 Å². The summed E-state index contributed by atoms with van der Waals surface area (Å²) in [7, 11) is 15.7. The van der Waals surface area contributed by atoms with Gasteiger partial charge < -0.3 is 0 Å². The minimum atomic E-state index is 0.772. The molecule has 9 heteroatoms. The van der Waals surface area contributed by atoms with E-state index in [0.29, 0.717) is 0 Å². The van der Waals surface area contributed by atoms with Crippen molar-refractivity contribution in [2.75, 3.05) is 0 Å². The van der Waals surface area contributed by atoms with Crippen LogP contribution in [0.15, 0.2) is 168 Å². The molecule has 1 heterocycles. The third kappa shape index (κ3) is 6.39. The van der Waals surface area contributed by atoms with E-state index >= 15 is 0 Å². The quantitative estimate of drug-likeness (QED) is 0.178. The highest BCUT2D eigenvalue weighted by atomic mass is 15.1. The SMILES string of the molecule is B/C(C#C)=C(B)/C(B)=C1\CC(c2ccccc2-c2ccccc2)=c2c(B)c(B)c(B)c(B)c2=C1c1ccc(-c2nc3ccccc3n2-c2cccc3ccccc23)cc1. The Kier molecular flexibility index (Phi) is 9.90. The third-order valence-corrected chi connectivity index (χ3v) is 13.0. The highest BCUT2D eigenvalue weighted by Crippen LogP contribution is 2.38. The summed E-state index contributed by atoms with van der Waals surface area (Å²) >= 11 is 0. The van der Waals surface area contributed by atoms with Gasteiger partial charge in [0.1, 0.15) is 60.7 Å². The molecule has 0 saturated heterocycles. The van der Waals surface area contributed by atoms with E-state index in [4.69, 9.17) is 11.4 Å². The second-order valence-electron chi connectivity index (χ2n) is 16.0. The predicted molar refractivity (Wildman–Crippen MR) is 272 cm³/mol. The lowest BCUT2D eigenvalue weighted by Gasteiger charge is -2.29. The van der Waals surface area contributed by atoms with Gasteiger partial charge in [-0.3, -0.25) is 4.57 Å². The first-order chi connectivity index (χ1) is 28.7. The van der Waals surface area contributed by atoms with Gasteiger partial charge in [0.2, 0.25) is 0 Å². The molecule has 0 bridgehead atoms. The van der Waals surface area contributed by atoms with Crippen molar-refractivity contribution >= 4 is 110 Å². The van der Waals surface area contributed by atoms with Crippen LogP contribution in [-0.2, 0) is 0 Å². The van der Waals surface area contributed by atoms with Crippen molar-refractivity contribution in [1.82, 2.24) is 9.55 Å². The van der Waals surface area contributed by atoms with Crippen LogP contribution in [-0.4, -0.2) is 64.5 Å². The van der Waals surface area contributed by atoms with E-state index in [9.17, 15) is 0 Å². The van der Waals surface area contributed by atoms with Crippen molar-refractivity contribution in [1.29, 1.82) is 0 Å². The topological polar surface area (TPSA) is 17.8 Å². The predicted octanol–water partition coefficient (Wildman–Crippen LogP) is 0.346. The first kappa shape index (κ1) is 38.0. The van der Waals surface area contributed by atoms with Crippen LogP contribution >= 0.6 is 0 Å². The molecular formula is C50H41B7N2. The largest absolute Gasteiger partial charge is 0.292 e. The second kappa shape index (κ2) is 15.4. The van der Waals surface area contributed by atoms with E-state index in [-0.39, 0.29) is 0 Å². The molecule has 0 saturated carbocycles. The Morgan fingerprint density at radius 1 is 0.576 bits per heavy atom. The smallest absolute Gasteiger partial charge is 0.149 e. The molecule has 1 aliphatic carbocycles. The third-order valence-electron chi connectivity index (χ3n) is 13.0. The summed E-state index contributed by atoms with van der Waals surface area (Å²) in [6.07, 6.45) is 6.85. The molecule has 1 aromatic heterocycles. The average Bonchev–Trinajstić information content (AvgIpc) is 3.68. The second-order valence-corrected chi connectivity index (χ2v) is 16.0. The number of fused-ring (bicyclic) bond motifs is 3. The summed E-state index contributed by atoms with van der Waals surface area (Å²) in [6.45, 7) is 0. The van der Waals surface area contributed by atoms with Gasteiger partial charge in [-0.05, 0) is 84.9 Å². The molecule has 2 nitrogen and oxygen atoms in total. The number of nitrogens with zero attached hydrogens (tertiary/aromatic N) is 2. The van der Waals surface area contributed by atoms with Crippen LogP contribution in [0.4, 0.5) is 0 Å². The van der Waals surface area contributed by atoms with Gasteiger partial charge in [0.05, 0.1) is 16.7 Å². The van der Waals surface area contributed by atoms with Crippen LogP contribution in [0.5, 0.6) is 0 Å². The van der Waals surface area contributed by atoms with Crippen LogP contribution in [0.1, 0.15) is 17.5 Å². The molecule has 0 amide bonds. The standard InChI is InChI=1S/C50H41B7N2/c1-2-37(51)45(53)44(52)36-27-35(34-19-9-8-17-32(34)28-13-4-3-5-14-28)42-43(47(55)49(57)48(56)46(42)54)41(36)30-23-25-31(26-24-30)50-58-38-20-10-11-21-40(38)59(50)39-22-12-16-29-15-6-7-18-33(29)39/h1,3-26H,27,51-57H2/b44-36-,45-37-. The van der Waals surface area contributed by atoms with E-state index in [2.05, 4.69) is 211 Å². The van der Waals surface area contributed by atoms with Gasteiger partial charge in [0.15, 0.2) is 0 Å². The highest BCUT2D eigenvalue weighted by molar-refractivity contribution is 6.62. The van der Waals surface area contributed by atoms with Gasteiger partial charge in [0.25, 0.3) is 0 Å². The number of para-hydroxylation sites is 2.